The average molecular weight is 474 g/mol. The molecular weight excluding hydrogens is 454 g/mol. The number of aryl methyl sites for hydroxylation is 1. The van der Waals surface area contributed by atoms with E-state index >= 15 is 0 Å². The van der Waals surface area contributed by atoms with Crippen LogP contribution in [-0.4, -0.2) is 25.9 Å². The van der Waals surface area contributed by atoms with Gasteiger partial charge in [0.15, 0.2) is 14.1 Å². The molecule has 3 aromatic carbocycles. The molecule has 5 rings (SSSR count). The number of hydrogen-bond acceptors (Lipinski definition) is 5. The molecular formula is C25H19N3OS3. The molecule has 0 saturated carbocycles. The molecule has 0 aliphatic carbocycles. The number of nitrogens with zero attached hydrogens (tertiary/aromatic N) is 3. The number of rotatable bonds is 6. The molecule has 0 aliphatic rings. The monoisotopic (exact) mass is 473 g/mol. The summed E-state index contributed by atoms with van der Waals surface area (Å²) in [7, 11) is 2.02. The molecule has 2 heterocycles. The maximum absolute atomic E-state index is 13.5. The third kappa shape index (κ3) is 3.83. The van der Waals surface area contributed by atoms with E-state index in [1.807, 2.05) is 85.9 Å². The summed E-state index contributed by atoms with van der Waals surface area (Å²) in [4.78, 5) is 13.5. The van der Waals surface area contributed by atoms with E-state index in [1.54, 1.807) is 4.68 Å². The molecule has 0 saturated heterocycles. The highest BCUT2D eigenvalue weighted by Crippen LogP contribution is 2.35. The lowest BCUT2D eigenvalue weighted by atomic mass is 10.0. The highest BCUT2D eigenvalue weighted by atomic mass is 32.2. The lowest BCUT2D eigenvalue weighted by Gasteiger charge is -2.07. The molecule has 4 nitrogen and oxygen atoms in total. The van der Waals surface area contributed by atoms with Gasteiger partial charge in [-0.1, -0.05) is 89.8 Å². The molecule has 0 unspecified atom stereocenters. The van der Waals surface area contributed by atoms with E-state index in [1.165, 1.54) is 23.1 Å². The number of carbonyl (C=O) groups is 1. The van der Waals surface area contributed by atoms with Crippen LogP contribution in [0.1, 0.15) is 10.4 Å². The van der Waals surface area contributed by atoms with Crippen LogP contribution in [0.15, 0.2) is 89.3 Å². The second kappa shape index (κ2) is 8.86. The van der Waals surface area contributed by atoms with Crippen molar-refractivity contribution in [2.45, 2.75) is 4.34 Å². The zero-order valence-electron chi connectivity index (χ0n) is 17.3. The van der Waals surface area contributed by atoms with Gasteiger partial charge in [-0.15, -0.1) is 5.10 Å². The maximum Gasteiger partial charge on any atom is 0.184 e. The lowest BCUT2D eigenvalue weighted by molar-refractivity contribution is 0.102. The molecule has 0 bridgehead atoms. The van der Waals surface area contributed by atoms with Crippen molar-refractivity contribution in [1.29, 1.82) is 0 Å². The number of fused-ring (bicyclic) bond motifs is 1. The summed E-state index contributed by atoms with van der Waals surface area (Å²) >= 11 is 8.36. The minimum absolute atomic E-state index is 0.0815. The summed E-state index contributed by atoms with van der Waals surface area (Å²) in [6.45, 7) is 0. The number of Topliss-reactive ketones (excluding diaryl/α,β-unsaturated/α-hetero) is 1. The van der Waals surface area contributed by atoms with Crippen molar-refractivity contribution in [2.24, 2.45) is 7.05 Å². The van der Waals surface area contributed by atoms with Crippen LogP contribution in [0.5, 0.6) is 0 Å². The molecule has 32 heavy (non-hydrogen) atoms. The third-order valence-electron chi connectivity index (χ3n) is 5.29. The largest absolute Gasteiger partial charge is 0.343 e. The van der Waals surface area contributed by atoms with Crippen LogP contribution < -0.4 is 0 Å². The molecule has 0 atom stereocenters. The summed E-state index contributed by atoms with van der Waals surface area (Å²) in [5.41, 5.74) is 4.70. The molecule has 158 valence electrons. The Kier molecular flexibility index (Phi) is 5.78. The van der Waals surface area contributed by atoms with Gasteiger partial charge < -0.3 is 4.57 Å². The highest BCUT2D eigenvalue weighted by molar-refractivity contribution is 8.01. The van der Waals surface area contributed by atoms with Gasteiger partial charge >= 0.3 is 0 Å². The molecule has 0 N–H and O–H groups in total. The zero-order chi connectivity index (χ0) is 22.1. The molecule has 2 aromatic heterocycles. The lowest BCUT2D eigenvalue weighted by Crippen LogP contribution is -2.05. The van der Waals surface area contributed by atoms with E-state index < -0.39 is 0 Å². The first-order valence-electron chi connectivity index (χ1n) is 10.1. The Balaban J connectivity index is 1.48. The summed E-state index contributed by atoms with van der Waals surface area (Å²) in [5, 5.41) is 5.60. The Bertz CT molecular complexity index is 1470. The van der Waals surface area contributed by atoms with Crippen molar-refractivity contribution in [2.75, 3.05) is 5.75 Å². The maximum atomic E-state index is 13.5. The molecule has 0 aliphatic heterocycles. The van der Waals surface area contributed by atoms with Crippen molar-refractivity contribution < 1.29 is 4.79 Å². The quantitative estimate of drug-likeness (QED) is 0.154. The minimum atomic E-state index is 0.0815. The van der Waals surface area contributed by atoms with Crippen LogP contribution in [0.4, 0.5) is 0 Å². The normalized spacial score (nSPS) is 11.2. The molecule has 7 heteroatoms. The number of hydrogen-bond donors (Lipinski definition) is 0. The Hall–Kier alpha value is -3.00. The van der Waals surface area contributed by atoms with Crippen LogP contribution >= 0.6 is 35.3 Å². The number of para-hydroxylation sites is 2. The third-order valence-corrected chi connectivity index (χ3v) is 7.66. The van der Waals surface area contributed by atoms with Crippen LogP contribution in [0.2, 0.25) is 0 Å². The van der Waals surface area contributed by atoms with Crippen LogP contribution in [-0.2, 0) is 7.05 Å². The number of benzene rings is 3. The van der Waals surface area contributed by atoms with Crippen molar-refractivity contribution in [1.82, 2.24) is 14.3 Å². The van der Waals surface area contributed by atoms with E-state index in [2.05, 4.69) is 15.7 Å². The first-order valence-corrected chi connectivity index (χ1v) is 12.3. The number of ketones is 1. The van der Waals surface area contributed by atoms with E-state index in [0.29, 0.717) is 9.71 Å². The molecule has 0 radical (unpaired) electrons. The first kappa shape index (κ1) is 20.9. The summed E-state index contributed by atoms with van der Waals surface area (Å²) in [6.07, 6.45) is 0. The standard InChI is InChI=1S/C25H19N3OS3/c1-27-20-15-9-8-14-19(20)22(23(27)17-10-4-2-5-11-17)21(29)16-31-24-26-28(25(30)32-24)18-12-6-3-7-13-18/h2-15H,16H2,1H3. The molecule has 0 spiro atoms. The summed E-state index contributed by atoms with van der Waals surface area (Å²) < 4.78 is 5.31. The van der Waals surface area contributed by atoms with Gasteiger partial charge in [-0.2, -0.15) is 0 Å². The Morgan fingerprint density at radius 2 is 1.62 bits per heavy atom. The van der Waals surface area contributed by atoms with E-state index in [-0.39, 0.29) is 5.78 Å². The van der Waals surface area contributed by atoms with Crippen molar-refractivity contribution in [3.63, 3.8) is 0 Å². The molecule has 5 aromatic rings. The van der Waals surface area contributed by atoms with Gasteiger partial charge in [0.2, 0.25) is 0 Å². The first-order chi connectivity index (χ1) is 15.6. The Labute approximate surface area is 199 Å². The van der Waals surface area contributed by atoms with Gasteiger partial charge in [0.1, 0.15) is 0 Å². The van der Waals surface area contributed by atoms with Crippen molar-refractivity contribution in [3.05, 3.63) is 94.4 Å². The predicted octanol–water partition coefficient (Wildman–Crippen LogP) is 6.80. The van der Waals surface area contributed by atoms with Gasteiger partial charge in [0, 0.05) is 18.0 Å². The number of aromatic nitrogens is 3. The number of thioether (sulfide) groups is 1. The van der Waals surface area contributed by atoms with E-state index in [9.17, 15) is 4.79 Å². The van der Waals surface area contributed by atoms with Crippen LogP contribution in [0, 0.1) is 3.95 Å². The SMILES string of the molecule is Cn1c(-c2ccccc2)c(C(=O)CSc2nn(-c3ccccc3)c(=S)s2)c2ccccc21. The Morgan fingerprint density at radius 1 is 0.969 bits per heavy atom. The Morgan fingerprint density at radius 3 is 2.38 bits per heavy atom. The van der Waals surface area contributed by atoms with E-state index in [4.69, 9.17) is 12.2 Å². The summed E-state index contributed by atoms with van der Waals surface area (Å²) in [6, 6.07) is 28.0. The second-order valence-corrected chi connectivity index (χ2v) is 10.1. The number of carbonyl (C=O) groups excluding carboxylic acids is 1. The van der Waals surface area contributed by atoms with Gasteiger partial charge in [0.05, 0.1) is 22.7 Å². The van der Waals surface area contributed by atoms with Gasteiger partial charge in [-0.3, -0.25) is 4.79 Å². The van der Waals surface area contributed by atoms with E-state index in [0.717, 1.165) is 37.8 Å². The van der Waals surface area contributed by atoms with Crippen LogP contribution in [0.3, 0.4) is 0 Å². The van der Waals surface area contributed by atoms with Crippen molar-refractivity contribution >= 4 is 52.0 Å². The fourth-order valence-corrected chi connectivity index (χ4v) is 6.09. The summed E-state index contributed by atoms with van der Waals surface area (Å²) in [5.74, 6) is 0.378. The zero-order valence-corrected chi connectivity index (χ0v) is 19.7. The minimum Gasteiger partial charge on any atom is -0.343 e. The van der Waals surface area contributed by atoms with Crippen LogP contribution in [0.25, 0.3) is 27.8 Å². The predicted molar refractivity (Wildman–Crippen MR) is 136 cm³/mol. The smallest absolute Gasteiger partial charge is 0.184 e. The van der Waals surface area contributed by atoms with Gasteiger partial charge in [0.25, 0.3) is 0 Å². The highest BCUT2D eigenvalue weighted by Gasteiger charge is 2.22. The second-order valence-electron chi connectivity index (χ2n) is 7.26. The fraction of sp³-hybridized carbons (Fsp3) is 0.0800. The van der Waals surface area contributed by atoms with Crippen molar-refractivity contribution in [3.8, 4) is 16.9 Å². The fourth-order valence-electron chi connectivity index (χ4n) is 3.86. The van der Waals surface area contributed by atoms with Gasteiger partial charge in [-0.05, 0) is 36.0 Å². The molecule has 0 amide bonds. The molecule has 0 fully saturated rings. The van der Waals surface area contributed by atoms with Gasteiger partial charge in [-0.25, -0.2) is 4.68 Å². The average Bonchev–Trinajstić information content (AvgIpc) is 3.36. The topological polar surface area (TPSA) is 39.8 Å².